The molecule has 1 aliphatic rings. The van der Waals surface area contributed by atoms with E-state index in [9.17, 15) is 8.78 Å². The standard InChI is InChI=1S/C16H21F2N3S/c1-3-19-9-13-12-8-14(22-15(12)21-10(2)20-13)11-4-6-16(17,18)7-5-11/h8,11,19H,3-7,9H2,1-2H3. The van der Waals surface area contributed by atoms with Crippen LogP contribution in [0.1, 0.15) is 54.9 Å². The quantitative estimate of drug-likeness (QED) is 0.905. The molecule has 1 N–H and O–H groups in total. The van der Waals surface area contributed by atoms with Crippen LogP contribution in [-0.2, 0) is 6.54 Å². The summed E-state index contributed by atoms with van der Waals surface area (Å²) in [6.07, 6.45) is 1.13. The van der Waals surface area contributed by atoms with Crippen LogP contribution in [0.3, 0.4) is 0 Å². The molecule has 22 heavy (non-hydrogen) atoms. The highest BCUT2D eigenvalue weighted by molar-refractivity contribution is 7.18. The maximum Gasteiger partial charge on any atom is 0.248 e. The predicted molar refractivity (Wildman–Crippen MR) is 85.7 cm³/mol. The van der Waals surface area contributed by atoms with E-state index in [0.29, 0.717) is 12.8 Å². The van der Waals surface area contributed by atoms with Gasteiger partial charge in [-0.05, 0) is 38.3 Å². The van der Waals surface area contributed by atoms with Gasteiger partial charge in [-0.1, -0.05) is 6.92 Å². The van der Waals surface area contributed by atoms with Crippen molar-refractivity contribution in [3.63, 3.8) is 0 Å². The SMILES string of the molecule is CCNCc1nc(C)nc2sc(C3CCC(F)(F)CC3)cc12. The summed E-state index contributed by atoms with van der Waals surface area (Å²) in [6.45, 7) is 5.57. The first-order valence-corrected chi connectivity index (χ1v) is 8.65. The molecule has 0 atom stereocenters. The zero-order valence-corrected chi connectivity index (χ0v) is 13.8. The van der Waals surface area contributed by atoms with E-state index in [2.05, 4.69) is 28.3 Å². The summed E-state index contributed by atoms with van der Waals surface area (Å²) in [4.78, 5) is 11.2. The highest BCUT2D eigenvalue weighted by Gasteiger charge is 2.36. The Morgan fingerprint density at radius 1 is 1.32 bits per heavy atom. The van der Waals surface area contributed by atoms with Crippen molar-refractivity contribution in [1.82, 2.24) is 15.3 Å². The van der Waals surface area contributed by atoms with Crippen molar-refractivity contribution in [2.75, 3.05) is 6.54 Å². The van der Waals surface area contributed by atoms with Gasteiger partial charge in [-0.25, -0.2) is 18.7 Å². The molecule has 2 aromatic heterocycles. The maximum atomic E-state index is 13.3. The zero-order valence-electron chi connectivity index (χ0n) is 13.0. The minimum atomic E-state index is -2.47. The average Bonchev–Trinajstić information content (AvgIpc) is 2.88. The van der Waals surface area contributed by atoms with Crippen LogP contribution in [0.5, 0.6) is 0 Å². The Balaban J connectivity index is 1.89. The third-order valence-corrected chi connectivity index (χ3v) is 5.46. The minimum Gasteiger partial charge on any atom is -0.311 e. The molecule has 120 valence electrons. The minimum absolute atomic E-state index is 0.000859. The van der Waals surface area contributed by atoms with Crippen molar-refractivity contribution in [2.24, 2.45) is 0 Å². The van der Waals surface area contributed by atoms with Crippen LogP contribution in [0.25, 0.3) is 10.2 Å². The molecule has 0 amide bonds. The number of thiophene rings is 1. The molecule has 0 spiro atoms. The number of nitrogens with one attached hydrogen (secondary N) is 1. The Morgan fingerprint density at radius 2 is 2.05 bits per heavy atom. The highest BCUT2D eigenvalue weighted by atomic mass is 32.1. The molecule has 2 heterocycles. The number of halogens is 2. The summed E-state index contributed by atoms with van der Waals surface area (Å²) in [5.41, 5.74) is 1.01. The van der Waals surface area contributed by atoms with Crippen LogP contribution in [0.4, 0.5) is 8.78 Å². The lowest BCUT2D eigenvalue weighted by Gasteiger charge is -2.27. The molecule has 3 rings (SSSR count). The lowest BCUT2D eigenvalue weighted by molar-refractivity contribution is -0.0379. The first kappa shape index (κ1) is 15.7. The Hall–Kier alpha value is -1.14. The summed E-state index contributed by atoms with van der Waals surface area (Å²) in [6, 6.07) is 2.13. The van der Waals surface area contributed by atoms with Gasteiger partial charge in [0.05, 0.1) is 5.69 Å². The van der Waals surface area contributed by atoms with Gasteiger partial charge in [0.1, 0.15) is 10.7 Å². The lowest BCUT2D eigenvalue weighted by atomic mass is 9.86. The summed E-state index contributed by atoms with van der Waals surface area (Å²) < 4.78 is 26.7. The van der Waals surface area contributed by atoms with Crippen LogP contribution in [0.15, 0.2) is 6.07 Å². The molecule has 6 heteroatoms. The van der Waals surface area contributed by atoms with Crippen LogP contribution in [0, 0.1) is 6.92 Å². The second-order valence-electron chi connectivity index (χ2n) is 6.00. The fourth-order valence-electron chi connectivity index (χ4n) is 3.02. The molecule has 3 nitrogen and oxygen atoms in total. The van der Waals surface area contributed by atoms with E-state index in [0.717, 1.165) is 34.8 Å². The molecule has 0 radical (unpaired) electrons. The van der Waals surface area contributed by atoms with Crippen LogP contribution >= 0.6 is 11.3 Å². The Bertz CT molecular complexity index is 659. The first-order valence-electron chi connectivity index (χ1n) is 7.84. The summed E-state index contributed by atoms with van der Waals surface area (Å²) in [5.74, 6) is -1.46. The molecule has 1 fully saturated rings. The Labute approximate surface area is 133 Å². The van der Waals surface area contributed by atoms with Crippen LogP contribution in [0.2, 0.25) is 0 Å². The molecular formula is C16H21F2N3S. The topological polar surface area (TPSA) is 37.8 Å². The predicted octanol–water partition coefficient (Wildman–Crippen LogP) is 4.40. The van der Waals surface area contributed by atoms with E-state index in [1.807, 2.05) is 6.92 Å². The number of hydrogen-bond donors (Lipinski definition) is 1. The fraction of sp³-hybridized carbons (Fsp3) is 0.625. The van der Waals surface area contributed by atoms with Crippen molar-refractivity contribution in [2.45, 2.75) is 57.9 Å². The molecule has 0 bridgehead atoms. The van der Waals surface area contributed by atoms with E-state index in [-0.39, 0.29) is 18.8 Å². The van der Waals surface area contributed by atoms with E-state index < -0.39 is 5.92 Å². The van der Waals surface area contributed by atoms with Gasteiger partial charge in [0.2, 0.25) is 5.92 Å². The number of aryl methyl sites for hydroxylation is 1. The lowest BCUT2D eigenvalue weighted by Crippen LogP contribution is -2.23. The number of hydrogen-bond acceptors (Lipinski definition) is 4. The Morgan fingerprint density at radius 3 is 2.73 bits per heavy atom. The molecule has 2 aromatic rings. The van der Waals surface area contributed by atoms with E-state index >= 15 is 0 Å². The number of alkyl halides is 2. The van der Waals surface area contributed by atoms with Crippen molar-refractivity contribution in [3.8, 4) is 0 Å². The molecule has 1 saturated carbocycles. The molecule has 1 aliphatic carbocycles. The molecule has 0 aliphatic heterocycles. The Kier molecular flexibility index (Phi) is 4.41. The van der Waals surface area contributed by atoms with Crippen LogP contribution in [-0.4, -0.2) is 22.4 Å². The third kappa shape index (κ3) is 3.27. The van der Waals surface area contributed by atoms with Gasteiger partial charge < -0.3 is 5.32 Å². The van der Waals surface area contributed by atoms with Gasteiger partial charge in [-0.3, -0.25) is 0 Å². The summed E-state index contributed by atoms with van der Waals surface area (Å²) in [7, 11) is 0. The molecule has 0 aromatic carbocycles. The largest absolute Gasteiger partial charge is 0.311 e. The summed E-state index contributed by atoms with van der Waals surface area (Å²) in [5, 5.41) is 4.37. The average molecular weight is 325 g/mol. The number of aromatic nitrogens is 2. The third-order valence-electron chi connectivity index (χ3n) is 4.26. The second-order valence-corrected chi connectivity index (χ2v) is 7.06. The second kappa shape index (κ2) is 6.16. The van der Waals surface area contributed by atoms with Crippen molar-refractivity contribution in [1.29, 1.82) is 0 Å². The summed E-state index contributed by atoms with van der Waals surface area (Å²) >= 11 is 1.64. The normalized spacial score (nSPS) is 18.9. The molecule has 0 saturated heterocycles. The maximum absolute atomic E-state index is 13.3. The van der Waals surface area contributed by atoms with E-state index in [1.165, 1.54) is 4.88 Å². The van der Waals surface area contributed by atoms with E-state index in [4.69, 9.17) is 0 Å². The number of rotatable bonds is 4. The van der Waals surface area contributed by atoms with Gasteiger partial charge in [-0.15, -0.1) is 11.3 Å². The van der Waals surface area contributed by atoms with Crippen molar-refractivity contribution in [3.05, 3.63) is 22.5 Å². The monoisotopic (exact) mass is 325 g/mol. The zero-order chi connectivity index (χ0) is 15.7. The molecular weight excluding hydrogens is 304 g/mol. The van der Waals surface area contributed by atoms with Gasteiger partial charge in [0.25, 0.3) is 0 Å². The van der Waals surface area contributed by atoms with Crippen molar-refractivity contribution >= 4 is 21.6 Å². The van der Waals surface area contributed by atoms with Gasteiger partial charge >= 0.3 is 0 Å². The smallest absolute Gasteiger partial charge is 0.248 e. The molecule has 0 unspecified atom stereocenters. The fourth-order valence-corrected chi connectivity index (χ4v) is 4.29. The van der Waals surface area contributed by atoms with Gasteiger partial charge in [0.15, 0.2) is 0 Å². The number of nitrogens with zero attached hydrogens (tertiary/aromatic N) is 2. The van der Waals surface area contributed by atoms with Crippen molar-refractivity contribution < 1.29 is 8.78 Å². The van der Waals surface area contributed by atoms with Gasteiger partial charge in [0, 0.05) is 29.6 Å². The van der Waals surface area contributed by atoms with E-state index in [1.54, 1.807) is 11.3 Å². The van der Waals surface area contributed by atoms with Crippen LogP contribution < -0.4 is 5.32 Å². The first-order chi connectivity index (χ1) is 10.5. The highest BCUT2D eigenvalue weighted by Crippen LogP contribution is 2.43. The number of fused-ring (bicyclic) bond motifs is 1. The van der Waals surface area contributed by atoms with Gasteiger partial charge in [-0.2, -0.15) is 0 Å².